The molecule has 112 valence electrons. The Hall–Kier alpha value is -0.750. The second-order valence-electron chi connectivity index (χ2n) is 6.24. The van der Waals surface area contributed by atoms with Gasteiger partial charge in [0.2, 0.25) is 0 Å². The number of thiol groups is 1. The summed E-state index contributed by atoms with van der Waals surface area (Å²) in [6.07, 6.45) is 0. The summed E-state index contributed by atoms with van der Waals surface area (Å²) >= 11 is 4.08. The normalized spacial score (nSPS) is 13.8. The van der Waals surface area contributed by atoms with E-state index >= 15 is 0 Å². The van der Waals surface area contributed by atoms with Gasteiger partial charge in [-0.1, -0.05) is 0 Å². The van der Waals surface area contributed by atoms with Crippen molar-refractivity contribution in [2.75, 3.05) is 12.3 Å². The first-order valence-corrected chi connectivity index (χ1v) is 6.87. The fraction of sp³-hybridized carbons (Fsp3) is 0.846. The van der Waals surface area contributed by atoms with Crippen LogP contribution < -0.4 is 5.32 Å². The lowest BCUT2D eigenvalue weighted by Gasteiger charge is -2.24. The maximum atomic E-state index is 11.8. The van der Waals surface area contributed by atoms with E-state index in [2.05, 4.69) is 17.9 Å². The summed E-state index contributed by atoms with van der Waals surface area (Å²) in [5.41, 5.74) is -1.10. The van der Waals surface area contributed by atoms with Crippen molar-refractivity contribution in [1.29, 1.82) is 0 Å². The van der Waals surface area contributed by atoms with Crippen molar-refractivity contribution in [3.05, 3.63) is 0 Å². The third kappa shape index (κ3) is 9.78. The third-order valence-corrected chi connectivity index (χ3v) is 2.15. The summed E-state index contributed by atoms with van der Waals surface area (Å²) in [7, 11) is 0. The van der Waals surface area contributed by atoms with Gasteiger partial charge in [0.15, 0.2) is 0 Å². The van der Waals surface area contributed by atoms with E-state index in [0.29, 0.717) is 0 Å². The number of esters is 2. The van der Waals surface area contributed by atoms with Gasteiger partial charge in [-0.3, -0.25) is 14.9 Å². The Morgan fingerprint density at radius 1 is 1.05 bits per heavy atom. The summed E-state index contributed by atoms with van der Waals surface area (Å²) in [6.45, 7) is 10.7. The minimum Gasteiger partial charge on any atom is -0.459 e. The molecule has 0 spiro atoms. The summed E-state index contributed by atoms with van der Waals surface area (Å²) in [4.78, 5) is 23.3. The molecule has 5 nitrogen and oxygen atoms in total. The van der Waals surface area contributed by atoms with Gasteiger partial charge in [0.25, 0.3) is 0 Å². The molecule has 0 saturated heterocycles. The molecule has 0 fully saturated rings. The number of ether oxygens (including phenoxy) is 2. The molecule has 0 aromatic rings. The first-order chi connectivity index (χ1) is 8.44. The van der Waals surface area contributed by atoms with Gasteiger partial charge in [0, 0.05) is 5.75 Å². The highest BCUT2D eigenvalue weighted by Crippen LogP contribution is 2.09. The van der Waals surface area contributed by atoms with Crippen molar-refractivity contribution >= 4 is 24.6 Å². The molecule has 0 rings (SSSR count). The molecule has 0 heterocycles. The summed E-state index contributed by atoms with van der Waals surface area (Å²) in [5, 5.41) is 2.79. The van der Waals surface area contributed by atoms with E-state index in [-0.39, 0.29) is 12.3 Å². The van der Waals surface area contributed by atoms with Crippen LogP contribution >= 0.6 is 12.6 Å². The quantitative estimate of drug-likeness (QED) is 0.594. The van der Waals surface area contributed by atoms with E-state index < -0.39 is 29.2 Å². The molecule has 1 atom stereocenters. The van der Waals surface area contributed by atoms with Crippen LogP contribution in [0.2, 0.25) is 0 Å². The third-order valence-electron chi connectivity index (χ3n) is 1.79. The lowest BCUT2D eigenvalue weighted by molar-refractivity contribution is -0.157. The van der Waals surface area contributed by atoms with Crippen LogP contribution in [-0.2, 0) is 19.1 Å². The zero-order valence-electron chi connectivity index (χ0n) is 12.6. The Balaban J connectivity index is 4.28. The van der Waals surface area contributed by atoms with Gasteiger partial charge in [-0.15, -0.1) is 0 Å². The summed E-state index contributed by atoms with van der Waals surface area (Å²) < 4.78 is 10.4. The van der Waals surface area contributed by atoms with Crippen LogP contribution in [-0.4, -0.2) is 41.5 Å². The smallest absolute Gasteiger partial charge is 0.324 e. The Kier molecular flexibility index (Phi) is 6.86. The maximum absolute atomic E-state index is 11.8. The predicted octanol–water partition coefficient (Wildman–Crippen LogP) is 1.56. The molecule has 0 aromatic heterocycles. The number of rotatable bonds is 5. The van der Waals surface area contributed by atoms with Gasteiger partial charge >= 0.3 is 11.9 Å². The first kappa shape index (κ1) is 18.2. The summed E-state index contributed by atoms with van der Waals surface area (Å²) in [6, 6.07) is -0.630. The second-order valence-corrected chi connectivity index (χ2v) is 6.60. The molecule has 0 radical (unpaired) electrons. The van der Waals surface area contributed by atoms with Crippen molar-refractivity contribution in [2.24, 2.45) is 0 Å². The van der Waals surface area contributed by atoms with Gasteiger partial charge in [-0.2, -0.15) is 12.6 Å². The second kappa shape index (κ2) is 7.14. The van der Waals surface area contributed by atoms with Gasteiger partial charge in [-0.05, 0) is 41.5 Å². The van der Waals surface area contributed by atoms with E-state index in [0.717, 1.165) is 0 Å². The van der Waals surface area contributed by atoms with E-state index in [1.165, 1.54) is 0 Å². The Labute approximate surface area is 120 Å². The van der Waals surface area contributed by atoms with E-state index in [1.807, 2.05) is 0 Å². The van der Waals surface area contributed by atoms with Crippen LogP contribution in [0.15, 0.2) is 0 Å². The predicted molar refractivity (Wildman–Crippen MR) is 77.3 cm³/mol. The highest BCUT2D eigenvalue weighted by molar-refractivity contribution is 7.80. The highest BCUT2D eigenvalue weighted by atomic mass is 32.1. The first-order valence-electron chi connectivity index (χ1n) is 6.23. The topological polar surface area (TPSA) is 64.6 Å². The highest BCUT2D eigenvalue weighted by Gasteiger charge is 2.25. The van der Waals surface area contributed by atoms with Crippen LogP contribution in [0.3, 0.4) is 0 Å². The number of carbonyl (C=O) groups is 2. The average Bonchev–Trinajstić information content (AvgIpc) is 2.12. The van der Waals surface area contributed by atoms with Gasteiger partial charge in [-0.25, -0.2) is 0 Å². The van der Waals surface area contributed by atoms with Crippen molar-refractivity contribution in [3.8, 4) is 0 Å². The Bertz CT molecular complexity index is 318. The molecular weight excluding hydrogens is 266 g/mol. The molecular formula is C13H25NO4S. The molecule has 0 aromatic carbocycles. The molecule has 19 heavy (non-hydrogen) atoms. The van der Waals surface area contributed by atoms with E-state index in [9.17, 15) is 9.59 Å². The molecule has 0 unspecified atom stereocenters. The Morgan fingerprint density at radius 3 is 1.89 bits per heavy atom. The number of carbonyl (C=O) groups excluding carboxylic acids is 2. The number of nitrogens with one attached hydrogen (secondary N) is 1. The minimum atomic E-state index is -0.630. The van der Waals surface area contributed by atoms with Gasteiger partial charge in [0.1, 0.15) is 17.2 Å². The van der Waals surface area contributed by atoms with Crippen LogP contribution in [0, 0.1) is 0 Å². The lowest BCUT2D eigenvalue weighted by Crippen LogP contribution is -2.45. The van der Waals surface area contributed by atoms with Crippen molar-refractivity contribution in [1.82, 2.24) is 5.32 Å². The van der Waals surface area contributed by atoms with Gasteiger partial charge in [0.05, 0.1) is 6.54 Å². The number of hydrogen-bond donors (Lipinski definition) is 2. The van der Waals surface area contributed by atoms with Crippen LogP contribution in [0.5, 0.6) is 0 Å². The standard InChI is InChI=1S/C13H25NO4S/c1-12(2,3)17-10(15)7-14-9(8-19)11(16)18-13(4,5)6/h9,14,19H,7-8H2,1-6H3/t9-/m0/s1. The molecule has 0 saturated carbocycles. The van der Waals surface area contributed by atoms with Crippen molar-refractivity contribution in [3.63, 3.8) is 0 Å². The van der Waals surface area contributed by atoms with Crippen LogP contribution in [0.4, 0.5) is 0 Å². The largest absolute Gasteiger partial charge is 0.459 e. The van der Waals surface area contributed by atoms with Gasteiger partial charge < -0.3 is 9.47 Å². The molecule has 1 N–H and O–H groups in total. The summed E-state index contributed by atoms with van der Waals surface area (Å²) in [5.74, 6) is -0.591. The zero-order valence-corrected chi connectivity index (χ0v) is 13.5. The van der Waals surface area contributed by atoms with E-state index in [1.54, 1.807) is 41.5 Å². The monoisotopic (exact) mass is 291 g/mol. The number of hydrogen-bond acceptors (Lipinski definition) is 6. The maximum Gasteiger partial charge on any atom is 0.324 e. The average molecular weight is 291 g/mol. The molecule has 0 aliphatic carbocycles. The lowest BCUT2D eigenvalue weighted by atomic mass is 10.2. The fourth-order valence-electron chi connectivity index (χ4n) is 1.18. The molecule has 0 amide bonds. The van der Waals surface area contributed by atoms with Crippen molar-refractivity contribution < 1.29 is 19.1 Å². The SMILES string of the molecule is CC(C)(C)OC(=O)CN[C@@H](CS)C(=O)OC(C)(C)C. The Morgan fingerprint density at radius 2 is 1.53 bits per heavy atom. The van der Waals surface area contributed by atoms with Crippen LogP contribution in [0.1, 0.15) is 41.5 Å². The minimum absolute atomic E-state index is 0.0538. The zero-order chi connectivity index (χ0) is 15.3. The molecule has 0 aliphatic rings. The van der Waals surface area contributed by atoms with Crippen LogP contribution in [0.25, 0.3) is 0 Å². The molecule has 6 heteroatoms. The molecule has 0 aliphatic heterocycles. The van der Waals surface area contributed by atoms with E-state index in [4.69, 9.17) is 9.47 Å². The molecule has 0 bridgehead atoms. The fourth-order valence-corrected chi connectivity index (χ4v) is 1.46. The van der Waals surface area contributed by atoms with Crippen molar-refractivity contribution in [2.45, 2.75) is 58.8 Å².